The summed E-state index contributed by atoms with van der Waals surface area (Å²) in [5.74, 6) is 0.985. The lowest BCUT2D eigenvalue weighted by Gasteiger charge is -2.07. The monoisotopic (exact) mass is 371 g/mol. The van der Waals surface area contributed by atoms with E-state index >= 15 is 0 Å². The van der Waals surface area contributed by atoms with Crippen LogP contribution in [-0.2, 0) is 4.79 Å². The topological polar surface area (TPSA) is 98.2 Å². The van der Waals surface area contributed by atoms with E-state index in [0.717, 1.165) is 5.56 Å². The van der Waals surface area contributed by atoms with E-state index in [2.05, 4.69) is 15.8 Å². The van der Waals surface area contributed by atoms with Gasteiger partial charge in [-0.15, -0.1) is 0 Å². The molecule has 0 radical (unpaired) electrons. The van der Waals surface area contributed by atoms with Crippen molar-refractivity contribution in [1.29, 1.82) is 0 Å². The van der Waals surface area contributed by atoms with Crippen LogP contribution in [0, 0.1) is 0 Å². The maximum absolute atomic E-state index is 12.0. The van der Waals surface area contributed by atoms with Crippen molar-refractivity contribution in [2.24, 2.45) is 5.10 Å². The number of methoxy groups -OCH3 is 3. The van der Waals surface area contributed by atoms with Crippen molar-refractivity contribution in [1.82, 2.24) is 10.7 Å². The van der Waals surface area contributed by atoms with Crippen molar-refractivity contribution in [3.8, 4) is 17.2 Å². The fourth-order valence-electron chi connectivity index (χ4n) is 2.16. The molecule has 0 aromatic heterocycles. The van der Waals surface area contributed by atoms with Gasteiger partial charge in [0, 0.05) is 5.56 Å². The van der Waals surface area contributed by atoms with Crippen LogP contribution < -0.4 is 25.0 Å². The average molecular weight is 371 g/mol. The lowest BCUT2D eigenvalue weighted by Crippen LogP contribution is -2.34. The largest absolute Gasteiger partial charge is 0.497 e. The van der Waals surface area contributed by atoms with Gasteiger partial charge in [0.2, 0.25) is 0 Å². The third-order valence-corrected chi connectivity index (χ3v) is 3.57. The zero-order chi connectivity index (χ0) is 19.6. The van der Waals surface area contributed by atoms with Gasteiger partial charge in [-0.1, -0.05) is 0 Å². The average Bonchev–Trinajstić information content (AvgIpc) is 2.71. The van der Waals surface area contributed by atoms with Crippen LogP contribution in [0.15, 0.2) is 47.6 Å². The van der Waals surface area contributed by atoms with Gasteiger partial charge in [-0.05, 0) is 48.0 Å². The van der Waals surface area contributed by atoms with E-state index in [4.69, 9.17) is 14.2 Å². The molecule has 0 heterocycles. The van der Waals surface area contributed by atoms with E-state index in [1.165, 1.54) is 13.3 Å². The zero-order valence-electron chi connectivity index (χ0n) is 15.3. The zero-order valence-corrected chi connectivity index (χ0v) is 15.3. The number of benzene rings is 2. The van der Waals surface area contributed by atoms with Crippen LogP contribution in [0.3, 0.4) is 0 Å². The molecule has 0 saturated carbocycles. The number of nitrogens with zero attached hydrogens (tertiary/aromatic N) is 1. The Kier molecular flexibility index (Phi) is 7.18. The molecule has 0 bridgehead atoms. The number of nitrogens with one attached hydrogen (secondary N) is 2. The summed E-state index contributed by atoms with van der Waals surface area (Å²) < 4.78 is 15.4. The van der Waals surface area contributed by atoms with Gasteiger partial charge < -0.3 is 19.5 Å². The molecule has 2 rings (SSSR count). The van der Waals surface area contributed by atoms with Crippen LogP contribution in [0.1, 0.15) is 15.9 Å². The molecule has 0 saturated heterocycles. The van der Waals surface area contributed by atoms with Gasteiger partial charge in [0.15, 0.2) is 11.5 Å². The minimum Gasteiger partial charge on any atom is -0.497 e. The Morgan fingerprint density at radius 3 is 2.30 bits per heavy atom. The molecule has 0 unspecified atom stereocenters. The van der Waals surface area contributed by atoms with Gasteiger partial charge in [-0.25, -0.2) is 5.43 Å². The first-order valence-electron chi connectivity index (χ1n) is 8.03. The molecule has 0 fully saturated rings. The van der Waals surface area contributed by atoms with Gasteiger partial charge in [0.05, 0.1) is 34.1 Å². The van der Waals surface area contributed by atoms with Crippen molar-refractivity contribution in [3.05, 3.63) is 53.6 Å². The second kappa shape index (κ2) is 9.81. The van der Waals surface area contributed by atoms with Crippen LogP contribution in [0.4, 0.5) is 0 Å². The quantitative estimate of drug-likeness (QED) is 0.542. The Hall–Kier alpha value is -3.55. The number of hydrogen-bond acceptors (Lipinski definition) is 6. The fourth-order valence-corrected chi connectivity index (χ4v) is 2.16. The molecule has 2 amide bonds. The number of hydrogen-bond donors (Lipinski definition) is 2. The second-order valence-electron chi connectivity index (χ2n) is 5.32. The first-order valence-corrected chi connectivity index (χ1v) is 8.03. The van der Waals surface area contributed by atoms with E-state index in [9.17, 15) is 9.59 Å². The van der Waals surface area contributed by atoms with Crippen molar-refractivity contribution in [2.75, 3.05) is 27.9 Å². The number of carbonyl (C=O) groups excluding carboxylic acids is 2. The molecule has 2 N–H and O–H groups in total. The number of carbonyl (C=O) groups is 2. The van der Waals surface area contributed by atoms with E-state index < -0.39 is 5.91 Å². The molecular formula is C19H21N3O5. The maximum atomic E-state index is 12.0. The van der Waals surface area contributed by atoms with Gasteiger partial charge in [0.25, 0.3) is 11.8 Å². The Morgan fingerprint density at radius 2 is 1.67 bits per heavy atom. The van der Waals surface area contributed by atoms with Crippen LogP contribution >= 0.6 is 0 Å². The van der Waals surface area contributed by atoms with E-state index in [1.54, 1.807) is 56.7 Å². The summed E-state index contributed by atoms with van der Waals surface area (Å²) in [6, 6.07) is 11.8. The molecule has 0 aliphatic heterocycles. The first kappa shape index (κ1) is 19.8. The van der Waals surface area contributed by atoms with Crippen LogP contribution in [0.5, 0.6) is 17.2 Å². The summed E-state index contributed by atoms with van der Waals surface area (Å²) in [6.45, 7) is -0.200. The number of hydrazone groups is 1. The van der Waals surface area contributed by atoms with E-state index in [0.29, 0.717) is 22.8 Å². The molecule has 142 valence electrons. The Bertz CT molecular complexity index is 819. The molecular weight excluding hydrogens is 350 g/mol. The second-order valence-corrected chi connectivity index (χ2v) is 5.32. The molecule has 27 heavy (non-hydrogen) atoms. The standard InChI is InChI=1S/C19H21N3O5/c1-25-15-7-5-14(6-8-15)19(24)20-12-18(23)22-21-11-13-4-9-16(26-2)17(10-13)27-3/h4-11H,12H2,1-3H3,(H,20,24)(H,22,23)/b21-11-. The molecule has 8 nitrogen and oxygen atoms in total. The van der Waals surface area contributed by atoms with Crippen LogP contribution in [-0.4, -0.2) is 45.9 Å². The van der Waals surface area contributed by atoms with Crippen LogP contribution in [0.25, 0.3) is 0 Å². The Morgan fingerprint density at radius 1 is 0.963 bits per heavy atom. The van der Waals surface area contributed by atoms with Gasteiger partial charge in [-0.3, -0.25) is 9.59 Å². The molecule has 8 heteroatoms. The SMILES string of the molecule is COc1ccc(C(=O)NCC(=O)N/N=C\c2ccc(OC)c(OC)c2)cc1. The lowest BCUT2D eigenvalue weighted by molar-refractivity contribution is -0.120. The van der Waals surface area contributed by atoms with E-state index in [1.807, 2.05) is 0 Å². The summed E-state index contributed by atoms with van der Waals surface area (Å²) in [5, 5.41) is 6.37. The summed E-state index contributed by atoms with van der Waals surface area (Å²) in [4.78, 5) is 23.8. The lowest BCUT2D eigenvalue weighted by atomic mass is 10.2. The summed E-state index contributed by atoms with van der Waals surface area (Å²) in [5.41, 5.74) is 3.49. The predicted molar refractivity (Wildman–Crippen MR) is 101 cm³/mol. The molecule has 2 aromatic rings. The van der Waals surface area contributed by atoms with E-state index in [-0.39, 0.29) is 12.5 Å². The fraction of sp³-hybridized carbons (Fsp3) is 0.211. The highest BCUT2D eigenvalue weighted by Gasteiger charge is 2.08. The van der Waals surface area contributed by atoms with Crippen molar-refractivity contribution >= 4 is 18.0 Å². The van der Waals surface area contributed by atoms with Crippen molar-refractivity contribution < 1.29 is 23.8 Å². The third-order valence-electron chi connectivity index (χ3n) is 3.57. The maximum Gasteiger partial charge on any atom is 0.259 e. The minimum atomic E-state index is -0.450. The minimum absolute atomic E-state index is 0.200. The molecule has 0 aliphatic rings. The highest BCUT2D eigenvalue weighted by Crippen LogP contribution is 2.26. The highest BCUT2D eigenvalue weighted by atomic mass is 16.5. The predicted octanol–water partition coefficient (Wildman–Crippen LogP) is 1.59. The van der Waals surface area contributed by atoms with Crippen molar-refractivity contribution in [3.63, 3.8) is 0 Å². The molecule has 0 spiro atoms. The molecule has 0 atom stereocenters. The third kappa shape index (κ3) is 5.74. The number of ether oxygens (including phenoxy) is 3. The van der Waals surface area contributed by atoms with Gasteiger partial charge in [0.1, 0.15) is 5.75 Å². The number of amides is 2. The Labute approximate surface area is 157 Å². The highest BCUT2D eigenvalue weighted by molar-refractivity contribution is 5.96. The summed E-state index contributed by atoms with van der Waals surface area (Å²) in [6.07, 6.45) is 1.46. The Balaban J connectivity index is 1.83. The molecule has 0 aliphatic carbocycles. The van der Waals surface area contributed by atoms with Gasteiger partial charge in [-0.2, -0.15) is 5.10 Å². The summed E-state index contributed by atoms with van der Waals surface area (Å²) >= 11 is 0. The first-order chi connectivity index (χ1) is 13.1. The molecule has 2 aromatic carbocycles. The van der Waals surface area contributed by atoms with Gasteiger partial charge >= 0.3 is 0 Å². The number of rotatable bonds is 8. The normalized spacial score (nSPS) is 10.3. The van der Waals surface area contributed by atoms with Crippen LogP contribution in [0.2, 0.25) is 0 Å². The summed E-state index contributed by atoms with van der Waals surface area (Å²) in [7, 11) is 4.63. The smallest absolute Gasteiger partial charge is 0.259 e. The van der Waals surface area contributed by atoms with Crippen molar-refractivity contribution in [2.45, 2.75) is 0 Å².